The van der Waals surface area contributed by atoms with Crippen molar-refractivity contribution < 1.29 is 0 Å². The average Bonchev–Trinajstić information content (AvgIpc) is 3.66. The summed E-state index contributed by atoms with van der Waals surface area (Å²) in [5.74, 6) is 0. The Hall–Kier alpha value is -4.74. The molecule has 0 unspecified atom stereocenters. The Balaban J connectivity index is 1.56. The van der Waals surface area contributed by atoms with E-state index in [2.05, 4.69) is 105 Å². The van der Waals surface area contributed by atoms with E-state index in [-0.39, 0.29) is 0 Å². The lowest BCUT2D eigenvalue weighted by Gasteiger charge is -2.10. The number of aromatic nitrogens is 4. The van der Waals surface area contributed by atoms with E-state index in [9.17, 15) is 0 Å². The highest BCUT2D eigenvalue weighted by Crippen LogP contribution is 2.42. The number of nitrogens with zero attached hydrogens (tertiary/aromatic N) is 4. The third-order valence-electron chi connectivity index (χ3n) is 7.11. The fourth-order valence-electron chi connectivity index (χ4n) is 5.57. The molecule has 4 aromatic carbocycles. The number of hydrogen-bond acceptors (Lipinski definition) is 3. The zero-order valence-electron chi connectivity index (χ0n) is 19.7. The zero-order chi connectivity index (χ0) is 24.3. The van der Waals surface area contributed by atoms with Gasteiger partial charge in [0.2, 0.25) is 0 Å². The second kappa shape index (κ2) is 7.88. The number of pyridine rings is 1. The predicted octanol–water partition coefficient (Wildman–Crippen LogP) is 8.40. The molecule has 0 amide bonds. The van der Waals surface area contributed by atoms with Crippen LogP contribution in [0.5, 0.6) is 0 Å². The molecule has 5 heteroatoms. The van der Waals surface area contributed by atoms with Crippen molar-refractivity contribution in [2.75, 3.05) is 0 Å². The van der Waals surface area contributed by atoms with Crippen molar-refractivity contribution in [1.82, 2.24) is 19.1 Å². The van der Waals surface area contributed by atoms with E-state index in [1.807, 2.05) is 30.7 Å². The molecular formula is C32H20N4S. The second-order valence-corrected chi connectivity index (χ2v) is 10.2. The summed E-state index contributed by atoms with van der Waals surface area (Å²) in [6.07, 6.45) is 5.78. The van der Waals surface area contributed by atoms with Gasteiger partial charge in [0, 0.05) is 33.3 Å². The van der Waals surface area contributed by atoms with Crippen LogP contribution in [0.3, 0.4) is 0 Å². The van der Waals surface area contributed by atoms with Crippen LogP contribution in [0.15, 0.2) is 122 Å². The average molecular weight is 493 g/mol. The van der Waals surface area contributed by atoms with Crippen molar-refractivity contribution in [2.24, 2.45) is 0 Å². The predicted molar refractivity (Wildman–Crippen MR) is 154 cm³/mol. The summed E-state index contributed by atoms with van der Waals surface area (Å²) >= 11 is 1.72. The third-order valence-corrected chi connectivity index (χ3v) is 8.14. The summed E-state index contributed by atoms with van der Waals surface area (Å²) in [5.41, 5.74) is 6.89. The standard InChI is InChI=1S/C32H20N4S/c1-2-9-21(10-3-1)32-34-20-29(37-32)36-28-15-7-5-13-24(28)26-17-16-25-23-12-4-6-14-27(23)35(30(25)31(26)36)22-11-8-18-33-19-22/h1-20H. The van der Waals surface area contributed by atoms with Crippen molar-refractivity contribution in [1.29, 1.82) is 0 Å². The van der Waals surface area contributed by atoms with Gasteiger partial charge in [-0.3, -0.25) is 9.55 Å². The summed E-state index contributed by atoms with van der Waals surface area (Å²) in [7, 11) is 0. The summed E-state index contributed by atoms with van der Waals surface area (Å²) in [6.45, 7) is 0. The molecule has 0 spiro atoms. The molecule has 0 saturated heterocycles. The highest BCUT2D eigenvalue weighted by Gasteiger charge is 2.21. The molecule has 174 valence electrons. The van der Waals surface area contributed by atoms with Gasteiger partial charge in [-0.2, -0.15) is 0 Å². The van der Waals surface area contributed by atoms with E-state index in [1.165, 1.54) is 43.6 Å². The number of thiazole rings is 1. The summed E-state index contributed by atoms with van der Waals surface area (Å²) in [6, 6.07) is 36.4. The highest BCUT2D eigenvalue weighted by molar-refractivity contribution is 7.17. The van der Waals surface area contributed by atoms with Gasteiger partial charge in [-0.05, 0) is 24.3 Å². The first-order valence-corrected chi connectivity index (χ1v) is 13.1. The van der Waals surface area contributed by atoms with Crippen molar-refractivity contribution in [2.45, 2.75) is 0 Å². The van der Waals surface area contributed by atoms with Crippen LogP contribution in [-0.4, -0.2) is 19.1 Å². The Morgan fingerprint density at radius 3 is 1.89 bits per heavy atom. The fraction of sp³-hybridized carbons (Fsp3) is 0. The Bertz CT molecular complexity index is 2080. The number of fused-ring (bicyclic) bond motifs is 7. The van der Waals surface area contributed by atoms with Gasteiger partial charge in [0.05, 0.1) is 40.1 Å². The van der Waals surface area contributed by atoms with E-state index in [0.29, 0.717) is 0 Å². The maximum absolute atomic E-state index is 4.84. The normalized spacial score (nSPS) is 11.8. The van der Waals surface area contributed by atoms with E-state index in [1.54, 1.807) is 11.3 Å². The number of hydrogen-bond donors (Lipinski definition) is 0. The van der Waals surface area contributed by atoms with Crippen LogP contribution in [-0.2, 0) is 0 Å². The Kier molecular flexibility index (Phi) is 4.36. The molecule has 4 aromatic heterocycles. The van der Waals surface area contributed by atoms with E-state index in [4.69, 9.17) is 4.98 Å². The minimum Gasteiger partial charge on any atom is -0.306 e. The monoisotopic (exact) mass is 492 g/mol. The van der Waals surface area contributed by atoms with Crippen LogP contribution in [0.1, 0.15) is 0 Å². The molecule has 8 aromatic rings. The van der Waals surface area contributed by atoms with E-state index >= 15 is 0 Å². The molecule has 8 rings (SSSR count). The molecular weight excluding hydrogens is 472 g/mol. The molecule has 0 bridgehead atoms. The number of benzene rings is 4. The molecule has 0 atom stereocenters. The Morgan fingerprint density at radius 2 is 1.19 bits per heavy atom. The molecule has 0 aliphatic carbocycles. The van der Waals surface area contributed by atoms with Crippen molar-refractivity contribution in [3.63, 3.8) is 0 Å². The molecule has 0 N–H and O–H groups in total. The zero-order valence-corrected chi connectivity index (χ0v) is 20.6. The van der Waals surface area contributed by atoms with Gasteiger partial charge in [-0.25, -0.2) is 4.98 Å². The van der Waals surface area contributed by atoms with Gasteiger partial charge in [0.25, 0.3) is 0 Å². The summed E-state index contributed by atoms with van der Waals surface area (Å²) < 4.78 is 4.75. The smallest absolute Gasteiger partial charge is 0.125 e. The first kappa shape index (κ1) is 20.5. The fourth-order valence-corrected chi connectivity index (χ4v) is 6.51. The first-order chi connectivity index (χ1) is 18.4. The second-order valence-electron chi connectivity index (χ2n) is 9.14. The molecule has 4 nitrogen and oxygen atoms in total. The van der Waals surface area contributed by atoms with Crippen LogP contribution in [0.25, 0.3) is 64.9 Å². The number of para-hydroxylation sites is 2. The van der Waals surface area contributed by atoms with E-state index < -0.39 is 0 Å². The largest absolute Gasteiger partial charge is 0.306 e. The molecule has 0 aliphatic heterocycles. The minimum atomic E-state index is 1.02. The SMILES string of the molecule is c1ccc(-c2ncc(-n3c4ccccc4c4ccc5c6ccccc6n(-c6cccnc6)c5c43)s2)cc1. The van der Waals surface area contributed by atoms with E-state index in [0.717, 1.165) is 21.3 Å². The molecule has 37 heavy (non-hydrogen) atoms. The molecule has 4 heterocycles. The van der Waals surface area contributed by atoms with Crippen LogP contribution < -0.4 is 0 Å². The summed E-state index contributed by atoms with van der Waals surface area (Å²) in [5, 5.41) is 7.03. The minimum absolute atomic E-state index is 1.02. The molecule has 0 saturated carbocycles. The van der Waals surface area contributed by atoms with Gasteiger partial charge in [0.15, 0.2) is 0 Å². The summed E-state index contributed by atoms with van der Waals surface area (Å²) in [4.78, 5) is 9.30. The first-order valence-electron chi connectivity index (χ1n) is 12.3. The molecule has 0 fully saturated rings. The van der Waals surface area contributed by atoms with Crippen LogP contribution >= 0.6 is 11.3 Å². The van der Waals surface area contributed by atoms with Gasteiger partial charge < -0.3 is 4.57 Å². The maximum atomic E-state index is 4.84. The molecule has 0 radical (unpaired) electrons. The van der Waals surface area contributed by atoms with Gasteiger partial charge in [0.1, 0.15) is 10.0 Å². The van der Waals surface area contributed by atoms with Crippen molar-refractivity contribution >= 4 is 54.9 Å². The van der Waals surface area contributed by atoms with Crippen molar-refractivity contribution in [3.05, 3.63) is 122 Å². The lowest BCUT2D eigenvalue weighted by atomic mass is 10.1. The molecule has 0 aliphatic rings. The Labute approximate surface area is 216 Å². The quantitative estimate of drug-likeness (QED) is 0.248. The van der Waals surface area contributed by atoms with Crippen LogP contribution in [0.4, 0.5) is 0 Å². The van der Waals surface area contributed by atoms with Crippen LogP contribution in [0, 0.1) is 0 Å². The number of rotatable bonds is 3. The highest BCUT2D eigenvalue weighted by atomic mass is 32.1. The van der Waals surface area contributed by atoms with Crippen molar-refractivity contribution in [3.8, 4) is 21.3 Å². The lowest BCUT2D eigenvalue weighted by molar-refractivity contribution is 1.13. The van der Waals surface area contributed by atoms with Gasteiger partial charge in [-0.1, -0.05) is 90.2 Å². The topological polar surface area (TPSA) is 35.6 Å². The van der Waals surface area contributed by atoms with Gasteiger partial charge >= 0.3 is 0 Å². The third kappa shape index (κ3) is 2.95. The lowest BCUT2D eigenvalue weighted by Crippen LogP contribution is -1.97. The van der Waals surface area contributed by atoms with Gasteiger partial charge in [-0.15, -0.1) is 0 Å². The Morgan fingerprint density at radius 1 is 0.541 bits per heavy atom. The maximum Gasteiger partial charge on any atom is 0.125 e. The van der Waals surface area contributed by atoms with Crippen LogP contribution in [0.2, 0.25) is 0 Å².